The van der Waals surface area contributed by atoms with Crippen molar-refractivity contribution in [2.45, 2.75) is 24.7 Å². The van der Waals surface area contributed by atoms with Gasteiger partial charge >= 0.3 is 6.18 Å². The number of amides is 1. The summed E-state index contributed by atoms with van der Waals surface area (Å²) in [5.74, 6) is -0.147. The summed E-state index contributed by atoms with van der Waals surface area (Å²) in [5.41, 5.74) is -0.247. The summed E-state index contributed by atoms with van der Waals surface area (Å²) in [6.45, 7) is 0.353. The number of rotatable bonds is 3. The van der Waals surface area contributed by atoms with Crippen molar-refractivity contribution in [2.75, 3.05) is 27.2 Å². The molecule has 122 valence electrons. The Morgan fingerprint density at radius 2 is 2.09 bits per heavy atom. The zero-order chi connectivity index (χ0) is 16.5. The van der Waals surface area contributed by atoms with Crippen molar-refractivity contribution in [3.05, 3.63) is 35.4 Å². The zero-order valence-electron chi connectivity index (χ0n) is 12.5. The maximum Gasteiger partial charge on any atom is 0.416 e. The second-order valence-electron chi connectivity index (χ2n) is 5.75. The van der Waals surface area contributed by atoms with Crippen LogP contribution in [0.5, 0.6) is 0 Å². The molecule has 0 radical (unpaired) electrons. The van der Waals surface area contributed by atoms with Crippen LogP contribution in [0.2, 0.25) is 0 Å². The molecule has 1 aliphatic rings. The molecule has 0 aromatic heterocycles. The number of aliphatic hydroxyl groups is 1. The third kappa shape index (κ3) is 3.78. The maximum absolute atomic E-state index is 12.8. The SMILES string of the molecule is CN(C)C(=O)CN1C[C@H](O)C[C@@H]1c1cccc(C(F)(F)F)c1. The van der Waals surface area contributed by atoms with E-state index in [1.165, 1.54) is 11.0 Å². The first-order valence-corrected chi connectivity index (χ1v) is 6.98. The lowest BCUT2D eigenvalue weighted by Crippen LogP contribution is -2.37. The van der Waals surface area contributed by atoms with Gasteiger partial charge in [0, 0.05) is 26.7 Å². The normalized spacial score (nSPS) is 22.8. The minimum Gasteiger partial charge on any atom is -0.392 e. The summed E-state index contributed by atoms with van der Waals surface area (Å²) in [4.78, 5) is 15.0. The number of halogens is 3. The number of benzene rings is 1. The van der Waals surface area contributed by atoms with Crippen LogP contribution in [0.1, 0.15) is 23.6 Å². The number of likely N-dealkylation sites (N-methyl/N-ethyl adjacent to an activating group) is 1. The molecule has 2 rings (SSSR count). The van der Waals surface area contributed by atoms with Crippen LogP contribution in [0, 0.1) is 0 Å². The van der Waals surface area contributed by atoms with Crippen LogP contribution >= 0.6 is 0 Å². The molecule has 22 heavy (non-hydrogen) atoms. The van der Waals surface area contributed by atoms with Crippen LogP contribution in [-0.4, -0.2) is 54.1 Å². The van der Waals surface area contributed by atoms with Gasteiger partial charge in [-0.3, -0.25) is 9.69 Å². The predicted molar refractivity (Wildman–Crippen MR) is 75.1 cm³/mol. The first-order valence-electron chi connectivity index (χ1n) is 6.98. The second-order valence-corrected chi connectivity index (χ2v) is 5.75. The first-order chi connectivity index (χ1) is 10.2. The fraction of sp³-hybridized carbons (Fsp3) is 0.533. The van der Waals surface area contributed by atoms with Crippen LogP contribution in [0.4, 0.5) is 13.2 Å². The number of hydrogen-bond acceptors (Lipinski definition) is 3. The third-order valence-electron chi connectivity index (χ3n) is 3.82. The van der Waals surface area contributed by atoms with Crippen molar-refractivity contribution in [3.63, 3.8) is 0 Å². The smallest absolute Gasteiger partial charge is 0.392 e. The lowest BCUT2D eigenvalue weighted by Gasteiger charge is -2.25. The largest absolute Gasteiger partial charge is 0.416 e. The molecule has 2 atom stereocenters. The Morgan fingerprint density at radius 3 is 2.68 bits per heavy atom. The van der Waals surface area contributed by atoms with Crippen LogP contribution in [-0.2, 0) is 11.0 Å². The molecular formula is C15H19F3N2O2. The number of nitrogens with zero attached hydrogens (tertiary/aromatic N) is 2. The van der Waals surface area contributed by atoms with Gasteiger partial charge in [0.05, 0.1) is 18.2 Å². The number of β-amino-alcohol motifs (C(OH)–C–C–N with tert-alkyl or cyclic N) is 1. The van der Waals surface area contributed by atoms with Gasteiger partial charge in [0.2, 0.25) is 5.91 Å². The van der Waals surface area contributed by atoms with E-state index >= 15 is 0 Å². The van der Waals surface area contributed by atoms with Crippen LogP contribution < -0.4 is 0 Å². The zero-order valence-corrected chi connectivity index (χ0v) is 12.5. The summed E-state index contributed by atoms with van der Waals surface area (Å²) in [6, 6.07) is 4.68. The molecule has 1 fully saturated rings. The molecule has 1 N–H and O–H groups in total. The molecule has 7 heteroatoms. The summed E-state index contributed by atoms with van der Waals surface area (Å²) in [5, 5.41) is 9.82. The van der Waals surface area contributed by atoms with Crippen molar-refractivity contribution >= 4 is 5.91 Å². The van der Waals surface area contributed by atoms with Gasteiger partial charge in [0.15, 0.2) is 0 Å². The van der Waals surface area contributed by atoms with E-state index in [2.05, 4.69) is 0 Å². The first kappa shape index (κ1) is 16.8. The molecule has 1 aliphatic heterocycles. The highest BCUT2D eigenvalue weighted by Gasteiger charge is 2.35. The summed E-state index contributed by atoms with van der Waals surface area (Å²) < 4.78 is 38.5. The van der Waals surface area contributed by atoms with E-state index in [0.717, 1.165) is 12.1 Å². The van der Waals surface area contributed by atoms with E-state index in [-0.39, 0.29) is 25.0 Å². The van der Waals surface area contributed by atoms with Gasteiger partial charge in [0.25, 0.3) is 0 Å². The van der Waals surface area contributed by atoms with E-state index in [4.69, 9.17) is 0 Å². The van der Waals surface area contributed by atoms with Gasteiger partial charge in [-0.2, -0.15) is 13.2 Å². The fourth-order valence-electron chi connectivity index (χ4n) is 2.64. The van der Waals surface area contributed by atoms with Gasteiger partial charge < -0.3 is 10.0 Å². The van der Waals surface area contributed by atoms with E-state index in [9.17, 15) is 23.1 Å². The molecule has 0 unspecified atom stereocenters. The molecule has 0 spiro atoms. The van der Waals surface area contributed by atoms with E-state index in [1.54, 1.807) is 25.1 Å². The number of likely N-dealkylation sites (tertiary alicyclic amines) is 1. The quantitative estimate of drug-likeness (QED) is 0.926. The molecule has 4 nitrogen and oxygen atoms in total. The monoisotopic (exact) mass is 316 g/mol. The molecule has 1 heterocycles. The highest BCUT2D eigenvalue weighted by atomic mass is 19.4. The van der Waals surface area contributed by atoms with Gasteiger partial charge in [-0.05, 0) is 24.1 Å². The van der Waals surface area contributed by atoms with Crippen molar-refractivity contribution in [1.29, 1.82) is 0 Å². The molecule has 0 aliphatic carbocycles. The Balaban J connectivity index is 2.23. The standard InChI is InChI=1S/C15H19F3N2O2/c1-19(2)14(22)9-20-8-12(21)7-13(20)10-4-3-5-11(6-10)15(16,17)18/h3-6,12-13,21H,7-9H2,1-2H3/t12-,13-/m1/s1. The minimum absolute atomic E-state index is 0.0744. The minimum atomic E-state index is -4.41. The lowest BCUT2D eigenvalue weighted by atomic mass is 10.0. The van der Waals surface area contributed by atoms with Crippen molar-refractivity contribution < 1.29 is 23.1 Å². The third-order valence-corrected chi connectivity index (χ3v) is 3.82. The highest BCUT2D eigenvalue weighted by molar-refractivity contribution is 5.77. The number of carbonyl (C=O) groups is 1. The Labute approximate surface area is 127 Å². The van der Waals surface area contributed by atoms with Gasteiger partial charge in [-0.25, -0.2) is 0 Å². The number of carbonyl (C=O) groups excluding carboxylic acids is 1. The Morgan fingerprint density at radius 1 is 1.41 bits per heavy atom. The van der Waals surface area contributed by atoms with Gasteiger partial charge in [-0.15, -0.1) is 0 Å². The van der Waals surface area contributed by atoms with E-state index < -0.39 is 17.8 Å². The molecule has 1 amide bonds. The topological polar surface area (TPSA) is 43.8 Å². The molecule has 1 saturated heterocycles. The average molecular weight is 316 g/mol. The van der Waals surface area contributed by atoms with E-state index in [1.807, 2.05) is 0 Å². The summed E-state index contributed by atoms with van der Waals surface area (Å²) in [7, 11) is 3.24. The van der Waals surface area contributed by atoms with Crippen molar-refractivity contribution in [2.24, 2.45) is 0 Å². The predicted octanol–water partition coefficient (Wildman–Crippen LogP) is 1.90. The van der Waals surface area contributed by atoms with Gasteiger partial charge in [0.1, 0.15) is 0 Å². The van der Waals surface area contributed by atoms with Crippen molar-refractivity contribution in [3.8, 4) is 0 Å². The van der Waals surface area contributed by atoms with E-state index in [0.29, 0.717) is 12.0 Å². The van der Waals surface area contributed by atoms with Crippen LogP contribution in [0.3, 0.4) is 0 Å². The molecular weight excluding hydrogens is 297 g/mol. The number of aliphatic hydroxyl groups excluding tert-OH is 1. The summed E-state index contributed by atoms with van der Waals surface area (Å²) >= 11 is 0. The highest BCUT2D eigenvalue weighted by Crippen LogP contribution is 2.35. The van der Waals surface area contributed by atoms with Gasteiger partial charge in [-0.1, -0.05) is 12.1 Å². The molecule has 0 bridgehead atoms. The van der Waals surface area contributed by atoms with Crippen molar-refractivity contribution in [1.82, 2.24) is 9.80 Å². The maximum atomic E-state index is 12.8. The average Bonchev–Trinajstić information content (AvgIpc) is 2.78. The molecule has 1 aromatic carbocycles. The number of alkyl halides is 3. The molecule has 0 saturated carbocycles. The Kier molecular flexibility index (Phi) is 4.77. The second kappa shape index (κ2) is 6.26. The molecule has 1 aromatic rings. The lowest BCUT2D eigenvalue weighted by molar-refractivity contribution is -0.137. The Hall–Kier alpha value is -1.60. The summed E-state index contributed by atoms with van der Waals surface area (Å²) in [6.07, 6.45) is -4.73. The fourth-order valence-corrected chi connectivity index (χ4v) is 2.64. The Bertz CT molecular complexity index is 546. The van der Waals surface area contributed by atoms with Crippen LogP contribution in [0.15, 0.2) is 24.3 Å². The van der Waals surface area contributed by atoms with Crippen LogP contribution in [0.25, 0.3) is 0 Å². The number of hydrogen-bond donors (Lipinski definition) is 1.